The number of hydrogen-bond donors (Lipinski definition) is 1. The molecule has 2 nitrogen and oxygen atoms in total. The molecule has 0 saturated heterocycles. The first-order valence-electron chi connectivity index (χ1n) is 5.80. The van der Waals surface area contributed by atoms with Crippen LogP contribution in [0, 0.1) is 0 Å². The second kappa shape index (κ2) is 6.02. The van der Waals surface area contributed by atoms with Crippen molar-refractivity contribution in [2.75, 3.05) is 20.3 Å². The third kappa shape index (κ3) is 3.32. The second-order valence-electron chi connectivity index (χ2n) is 4.80. The summed E-state index contributed by atoms with van der Waals surface area (Å²) in [7, 11) is 1.73. The van der Waals surface area contributed by atoms with Crippen molar-refractivity contribution < 1.29 is 9.84 Å². The molecule has 0 aliphatic rings. The van der Waals surface area contributed by atoms with E-state index in [0.29, 0.717) is 6.61 Å². The molecule has 0 spiro atoms. The van der Waals surface area contributed by atoms with Crippen LogP contribution in [0.3, 0.4) is 0 Å². The summed E-state index contributed by atoms with van der Waals surface area (Å²) in [5.41, 5.74) is 2.67. The fourth-order valence-electron chi connectivity index (χ4n) is 2.11. The molecule has 90 valence electrons. The Hall–Kier alpha value is -0.860. The molecule has 1 aromatic rings. The molecule has 0 saturated carbocycles. The van der Waals surface area contributed by atoms with Crippen molar-refractivity contribution in [3.8, 4) is 0 Å². The van der Waals surface area contributed by atoms with Crippen molar-refractivity contribution in [2.45, 2.75) is 32.1 Å². The summed E-state index contributed by atoms with van der Waals surface area (Å²) in [6, 6.07) is 8.42. The first-order chi connectivity index (χ1) is 7.61. The molecular weight excluding hydrogens is 200 g/mol. The SMILES string of the molecule is COCC(C)(C)c1ccccc1CCCO. The topological polar surface area (TPSA) is 29.5 Å². The van der Waals surface area contributed by atoms with Gasteiger partial charge in [0.15, 0.2) is 0 Å². The second-order valence-corrected chi connectivity index (χ2v) is 4.80. The molecular formula is C14H22O2. The lowest BCUT2D eigenvalue weighted by atomic mass is 9.81. The maximum absolute atomic E-state index is 8.90. The van der Waals surface area contributed by atoms with Crippen molar-refractivity contribution in [3.63, 3.8) is 0 Å². The minimum absolute atomic E-state index is 0.0286. The predicted octanol–water partition coefficient (Wildman–Crippen LogP) is 2.54. The molecule has 0 aliphatic heterocycles. The van der Waals surface area contributed by atoms with E-state index in [0.717, 1.165) is 12.8 Å². The highest BCUT2D eigenvalue weighted by molar-refractivity contribution is 5.33. The predicted molar refractivity (Wildman–Crippen MR) is 66.8 cm³/mol. The number of ether oxygens (including phenoxy) is 1. The number of benzene rings is 1. The Bertz CT molecular complexity index is 318. The molecule has 0 fully saturated rings. The fraction of sp³-hybridized carbons (Fsp3) is 0.571. The molecule has 1 aromatic carbocycles. The van der Waals surface area contributed by atoms with E-state index in [-0.39, 0.29) is 12.0 Å². The summed E-state index contributed by atoms with van der Waals surface area (Å²) in [4.78, 5) is 0. The first-order valence-corrected chi connectivity index (χ1v) is 5.80. The van der Waals surface area contributed by atoms with E-state index in [2.05, 4.69) is 38.1 Å². The number of rotatable bonds is 6. The molecule has 0 aliphatic carbocycles. The summed E-state index contributed by atoms with van der Waals surface area (Å²) >= 11 is 0. The van der Waals surface area contributed by atoms with E-state index in [1.807, 2.05) is 0 Å². The van der Waals surface area contributed by atoms with Crippen molar-refractivity contribution in [2.24, 2.45) is 0 Å². The first kappa shape index (κ1) is 13.2. The zero-order valence-corrected chi connectivity index (χ0v) is 10.5. The Kier molecular flexibility index (Phi) is 4.97. The van der Waals surface area contributed by atoms with Crippen LogP contribution in [0.1, 0.15) is 31.4 Å². The molecule has 0 radical (unpaired) electrons. The number of aryl methyl sites for hydroxylation is 1. The Labute approximate surface area is 98.3 Å². The third-order valence-electron chi connectivity index (χ3n) is 2.86. The number of methoxy groups -OCH3 is 1. The summed E-state index contributed by atoms with van der Waals surface area (Å²) in [5, 5.41) is 8.90. The van der Waals surface area contributed by atoms with Crippen LogP contribution in [-0.2, 0) is 16.6 Å². The Morgan fingerprint density at radius 3 is 2.56 bits per heavy atom. The normalized spacial score (nSPS) is 11.8. The smallest absolute Gasteiger partial charge is 0.0553 e. The molecule has 2 heteroatoms. The highest BCUT2D eigenvalue weighted by Gasteiger charge is 2.22. The molecule has 0 atom stereocenters. The molecule has 16 heavy (non-hydrogen) atoms. The van der Waals surface area contributed by atoms with Gasteiger partial charge in [-0.3, -0.25) is 0 Å². The molecule has 0 amide bonds. The van der Waals surface area contributed by atoms with Crippen LogP contribution in [0.25, 0.3) is 0 Å². The molecule has 1 N–H and O–H groups in total. The molecule has 0 bridgehead atoms. The van der Waals surface area contributed by atoms with Gasteiger partial charge in [0, 0.05) is 19.1 Å². The number of aliphatic hydroxyl groups is 1. The van der Waals surface area contributed by atoms with E-state index >= 15 is 0 Å². The minimum atomic E-state index is 0.0286. The maximum atomic E-state index is 8.90. The Morgan fingerprint density at radius 1 is 1.25 bits per heavy atom. The van der Waals surface area contributed by atoms with Gasteiger partial charge in [0.25, 0.3) is 0 Å². The quantitative estimate of drug-likeness (QED) is 0.801. The summed E-state index contributed by atoms with van der Waals surface area (Å²) in [6.07, 6.45) is 1.75. The monoisotopic (exact) mass is 222 g/mol. The lowest BCUT2D eigenvalue weighted by Crippen LogP contribution is -2.25. The zero-order chi connectivity index (χ0) is 12.0. The highest BCUT2D eigenvalue weighted by atomic mass is 16.5. The Balaban J connectivity index is 2.93. The van der Waals surface area contributed by atoms with Gasteiger partial charge in [0.1, 0.15) is 0 Å². The van der Waals surface area contributed by atoms with Crippen LogP contribution in [0.5, 0.6) is 0 Å². The highest BCUT2D eigenvalue weighted by Crippen LogP contribution is 2.27. The van der Waals surface area contributed by atoms with Crippen molar-refractivity contribution >= 4 is 0 Å². The number of hydrogen-bond acceptors (Lipinski definition) is 2. The van der Waals surface area contributed by atoms with E-state index in [1.54, 1.807) is 7.11 Å². The molecule has 0 aromatic heterocycles. The van der Waals surface area contributed by atoms with Crippen LogP contribution in [0.2, 0.25) is 0 Å². The van der Waals surface area contributed by atoms with E-state index in [9.17, 15) is 0 Å². The summed E-state index contributed by atoms with van der Waals surface area (Å²) < 4.78 is 5.27. The van der Waals surface area contributed by atoms with Crippen LogP contribution < -0.4 is 0 Å². The van der Waals surface area contributed by atoms with Crippen LogP contribution in [0.15, 0.2) is 24.3 Å². The van der Waals surface area contributed by atoms with Gasteiger partial charge in [-0.25, -0.2) is 0 Å². The van der Waals surface area contributed by atoms with Crippen LogP contribution >= 0.6 is 0 Å². The average Bonchev–Trinajstić information content (AvgIpc) is 2.26. The van der Waals surface area contributed by atoms with Crippen molar-refractivity contribution in [3.05, 3.63) is 35.4 Å². The van der Waals surface area contributed by atoms with Crippen LogP contribution in [-0.4, -0.2) is 25.4 Å². The summed E-state index contributed by atoms with van der Waals surface area (Å²) in [6.45, 7) is 5.34. The third-order valence-corrected chi connectivity index (χ3v) is 2.86. The standard InChI is InChI=1S/C14H22O2/c1-14(2,11-16-3)13-9-5-4-7-12(13)8-6-10-15/h4-5,7,9,15H,6,8,10-11H2,1-3H3. The van der Waals surface area contributed by atoms with Gasteiger partial charge in [-0.15, -0.1) is 0 Å². The summed E-state index contributed by atoms with van der Waals surface area (Å²) in [5.74, 6) is 0. The van der Waals surface area contributed by atoms with E-state index < -0.39 is 0 Å². The maximum Gasteiger partial charge on any atom is 0.0553 e. The van der Waals surface area contributed by atoms with Gasteiger partial charge in [-0.1, -0.05) is 38.1 Å². The van der Waals surface area contributed by atoms with Gasteiger partial charge in [-0.05, 0) is 24.0 Å². The van der Waals surface area contributed by atoms with E-state index in [4.69, 9.17) is 9.84 Å². The Morgan fingerprint density at radius 2 is 1.94 bits per heavy atom. The fourth-order valence-corrected chi connectivity index (χ4v) is 2.11. The van der Waals surface area contributed by atoms with E-state index in [1.165, 1.54) is 11.1 Å². The van der Waals surface area contributed by atoms with Gasteiger partial charge in [0.2, 0.25) is 0 Å². The number of aliphatic hydroxyl groups excluding tert-OH is 1. The molecule has 0 unspecified atom stereocenters. The van der Waals surface area contributed by atoms with Gasteiger partial charge < -0.3 is 9.84 Å². The van der Waals surface area contributed by atoms with Gasteiger partial charge >= 0.3 is 0 Å². The van der Waals surface area contributed by atoms with Crippen molar-refractivity contribution in [1.82, 2.24) is 0 Å². The molecule has 0 heterocycles. The average molecular weight is 222 g/mol. The lowest BCUT2D eigenvalue weighted by Gasteiger charge is -2.27. The minimum Gasteiger partial charge on any atom is -0.396 e. The lowest BCUT2D eigenvalue weighted by molar-refractivity contribution is 0.146. The van der Waals surface area contributed by atoms with Crippen LogP contribution in [0.4, 0.5) is 0 Å². The zero-order valence-electron chi connectivity index (χ0n) is 10.5. The van der Waals surface area contributed by atoms with Crippen molar-refractivity contribution in [1.29, 1.82) is 0 Å². The van der Waals surface area contributed by atoms with Gasteiger partial charge in [-0.2, -0.15) is 0 Å². The largest absolute Gasteiger partial charge is 0.396 e. The molecule has 1 rings (SSSR count). The van der Waals surface area contributed by atoms with Gasteiger partial charge in [0.05, 0.1) is 6.61 Å².